The quantitative estimate of drug-likeness (QED) is 0.782. The number of carbonyl (C=O) groups is 1. The standard InChI is InChI=1S/C16H19NO2/c1-12-4-6-15-10-13(5-7-14(15)9-12)11-17-8-2-3-16(18)19/h4-7,9-10,17H,2-3,8,11H2,1H3,(H,18,19). The van der Waals surface area contributed by atoms with Gasteiger partial charge in [-0.05, 0) is 42.3 Å². The molecule has 0 unspecified atom stereocenters. The van der Waals surface area contributed by atoms with Gasteiger partial charge in [0.05, 0.1) is 0 Å². The molecule has 0 fully saturated rings. The number of rotatable bonds is 6. The molecular weight excluding hydrogens is 238 g/mol. The summed E-state index contributed by atoms with van der Waals surface area (Å²) in [7, 11) is 0. The van der Waals surface area contributed by atoms with E-state index in [0.717, 1.165) is 13.1 Å². The first-order valence-corrected chi connectivity index (χ1v) is 6.57. The molecule has 3 nitrogen and oxygen atoms in total. The van der Waals surface area contributed by atoms with Crippen LogP contribution in [0.4, 0.5) is 0 Å². The van der Waals surface area contributed by atoms with Gasteiger partial charge in [0.2, 0.25) is 0 Å². The van der Waals surface area contributed by atoms with E-state index in [1.165, 1.54) is 21.9 Å². The number of hydrogen-bond donors (Lipinski definition) is 2. The van der Waals surface area contributed by atoms with Gasteiger partial charge in [0.1, 0.15) is 0 Å². The Hall–Kier alpha value is -1.87. The van der Waals surface area contributed by atoms with Crippen LogP contribution in [0.5, 0.6) is 0 Å². The van der Waals surface area contributed by atoms with E-state index in [0.29, 0.717) is 6.42 Å². The second kappa shape index (κ2) is 6.34. The topological polar surface area (TPSA) is 49.3 Å². The van der Waals surface area contributed by atoms with E-state index in [1.807, 2.05) is 0 Å². The van der Waals surface area contributed by atoms with Gasteiger partial charge < -0.3 is 10.4 Å². The molecule has 19 heavy (non-hydrogen) atoms. The van der Waals surface area contributed by atoms with Crippen LogP contribution < -0.4 is 5.32 Å². The first kappa shape index (κ1) is 13.6. The van der Waals surface area contributed by atoms with Crippen LogP contribution in [0.1, 0.15) is 24.0 Å². The summed E-state index contributed by atoms with van der Waals surface area (Å²) >= 11 is 0. The highest BCUT2D eigenvalue weighted by Crippen LogP contribution is 2.17. The van der Waals surface area contributed by atoms with Crippen molar-refractivity contribution in [2.24, 2.45) is 0 Å². The van der Waals surface area contributed by atoms with Gasteiger partial charge in [-0.3, -0.25) is 4.79 Å². The molecule has 0 radical (unpaired) electrons. The molecule has 2 rings (SSSR count). The minimum absolute atomic E-state index is 0.226. The molecule has 2 aromatic rings. The normalized spacial score (nSPS) is 10.8. The van der Waals surface area contributed by atoms with E-state index >= 15 is 0 Å². The molecule has 0 atom stereocenters. The van der Waals surface area contributed by atoms with E-state index in [4.69, 9.17) is 5.11 Å². The third kappa shape index (κ3) is 4.07. The molecule has 3 heteroatoms. The summed E-state index contributed by atoms with van der Waals surface area (Å²) in [5.41, 5.74) is 2.50. The number of carboxylic acids is 1. The Morgan fingerprint density at radius 2 is 1.89 bits per heavy atom. The summed E-state index contributed by atoms with van der Waals surface area (Å²) in [6.45, 7) is 3.61. The fourth-order valence-electron chi connectivity index (χ4n) is 2.12. The Labute approximate surface area is 113 Å². The Morgan fingerprint density at radius 1 is 1.16 bits per heavy atom. The van der Waals surface area contributed by atoms with E-state index in [2.05, 4.69) is 48.6 Å². The smallest absolute Gasteiger partial charge is 0.303 e. The van der Waals surface area contributed by atoms with Crippen LogP contribution in [-0.4, -0.2) is 17.6 Å². The van der Waals surface area contributed by atoms with Gasteiger partial charge in [0.25, 0.3) is 0 Å². The van der Waals surface area contributed by atoms with Crippen molar-refractivity contribution in [2.75, 3.05) is 6.54 Å². The fraction of sp³-hybridized carbons (Fsp3) is 0.312. The first-order valence-electron chi connectivity index (χ1n) is 6.57. The third-order valence-corrected chi connectivity index (χ3v) is 3.13. The van der Waals surface area contributed by atoms with E-state index in [-0.39, 0.29) is 6.42 Å². The van der Waals surface area contributed by atoms with Crippen molar-refractivity contribution in [2.45, 2.75) is 26.3 Å². The zero-order chi connectivity index (χ0) is 13.7. The maximum Gasteiger partial charge on any atom is 0.303 e. The minimum Gasteiger partial charge on any atom is -0.481 e. The molecule has 0 aromatic heterocycles. The fourth-order valence-corrected chi connectivity index (χ4v) is 2.12. The van der Waals surface area contributed by atoms with Gasteiger partial charge >= 0.3 is 5.97 Å². The summed E-state index contributed by atoms with van der Waals surface area (Å²) < 4.78 is 0. The second-order valence-electron chi connectivity index (χ2n) is 4.86. The first-order chi connectivity index (χ1) is 9.15. The van der Waals surface area contributed by atoms with Crippen LogP contribution >= 0.6 is 0 Å². The van der Waals surface area contributed by atoms with E-state index in [9.17, 15) is 4.79 Å². The lowest BCUT2D eigenvalue weighted by Gasteiger charge is -2.06. The van der Waals surface area contributed by atoms with Gasteiger partial charge in [-0.2, -0.15) is 0 Å². The third-order valence-electron chi connectivity index (χ3n) is 3.13. The molecule has 0 aliphatic carbocycles. The largest absolute Gasteiger partial charge is 0.481 e. The minimum atomic E-state index is -0.733. The summed E-state index contributed by atoms with van der Waals surface area (Å²) in [5, 5.41) is 14.3. The number of hydrogen-bond acceptors (Lipinski definition) is 2. The predicted octanol–water partition coefficient (Wildman–Crippen LogP) is 3.10. The van der Waals surface area contributed by atoms with Crippen molar-refractivity contribution in [1.82, 2.24) is 5.32 Å². The summed E-state index contributed by atoms with van der Waals surface area (Å²) in [5.74, 6) is -0.733. The van der Waals surface area contributed by atoms with Crippen molar-refractivity contribution in [3.63, 3.8) is 0 Å². The van der Waals surface area contributed by atoms with Crippen LogP contribution in [-0.2, 0) is 11.3 Å². The monoisotopic (exact) mass is 257 g/mol. The van der Waals surface area contributed by atoms with Gasteiger partial charge in [-0.1, -0.05) is 35.9 Å². The number of aliphatic carboxylic acids is 1. The van der Waals surface area contributed by atoms with Crippen LogP contribution in [0.15, 0.2) is 36.4 Å². The zero-order valence-electron chi connectivity index (χ0n) is 11.1. The number of carboxylic acid groups (broad SMARTS) is 1. The Kier molecular flexibility index (Phi) is 4.53. The maximum atomic E-state index is 10.4. The number of nitrogens with one attached hydrogen (secondary N) is 1. The lowest BCUT2D eigenvalue weighted by Crippen LogP contribution is -2.15. The van der Waals surface area contributed by atoms with Crippen LogP contribution in [0.3, 0.4) is 0 Å². The van der Waals surface area contributed by atoms with Crippen molar-refractivity contribution in [3.05, 3.63) is 47.5 Å². The highest BCUT2D eigenvalue weighted by atomic mass is 16.4. The molecule has 2 aromatic carbocycles. The molecule has 0 amide bonds. The number of benzene rings is 2. The Balaban J connectivity index is 1.91. The maximum absolute atomic E-state index is 10.4. The molecule has 100 valence electrons. The summed E-state index contributed by atoms with van der Waals surface area (Å²) in [4.78, 5) is 10.4. The van der Waals surface area contributed by atoms with Gasteiger partial charge in [0.15, 0.2) is 0 Å². The number of fused-ring (bicyclic) bond motifs is 1. The SMILES string of the molecule is Cc1ccc2cc(CNCCCC(=O)O)ccc2c1. The van der Waals surface area contributed by atoms with Gasteiger partial charge in [-0.25, -0.2) is 0 Å². The number of aryl methyl sites for hydroxylation is 1. The summed E-state index contributed by atoms with van der Waals surface area (Å²) in [6, 6.07) is 12.9. The molecule has 0 aliphatic rings. The second-order valence-corrected chi connectivity index (χ2v) is 4.86. The lowest BCUT2D eigenvalue weighted by atomic mass is 10.0. The average Bonchev–Trinajstić information content (AvgIpc) is 2.38. The van der Waals surface area contributed by atoms with Crippen LogP contribution in [0.2, 0.25) is 0 Å². The van der Waals surface area contributed by atoms with Gasteiger partial charge in [-0.15, -0.1) is 0 Å². The Bertz CT molecular complexity index is 578. The lowest BCUT2D eigenvalue weighted by molar-refractivity contribution is -0.137. The van der Waals surface area contributed by atoms with Gasteiger partial charge in [0, 0.05) is 13.0 Å². The van der Waals surface area contributed by atoms with Crippen LogP contribution in [0.25, 0.3) is 10.8 Å². The molecule has 0 heterocycles. The van der Waals surface area contributed by atoms with Crippen molar-refractivity contribution < 1.29 is 9.90 Å². The zero-order valence-corrected chi connectivity index (χ0v) is 11.1. The highest BCUT2D eigenvalue weighted by Gasteiger charge is 1.99. The van der Waals surface area contributed by atoms with E-state index < -0.39 is 5.97 Å². The molecule has 0 saturated carbocycles. The highest BCUT2D eigenvalue weighted by molar-refractivity contribution is 5.83. The molecule has 0 aliphatic heterocycles. The molecular formula is C16H19NO2. The molecule has 0 spiro atoms. The molecule has 0 bridgehead atoms. The van der Waals surface area contributed by atoms with Crippen LogP contribution in [0, 0.1) is 6.92 Å². The summed E-state index contributed by atoms with van der Waals surface area (Å²) in [6.07, 6.45) is 0.895. The Morgan fingerprint density at radius 3 is 2.68 bits per heavy atom. The predicted molar refractivity (Wildman–Crippen MR) is 77.3 cm³/mol. The van der Waals surface area contributed by atoms with E-state index in [1.54, 1.807) is 0 Å². The van der Waals surface area contributed by atoms with Crippen molar-refractivity contribution >= 4 is 16.7 Å². The average molecular weight is 257 g/mol. The molecule has 2 N–H and O–H groups in total. The van der Waals surface area contributed by atoms with Crippen molar-refractivity contribution in [1.29, 1.82) is 0 Å². The van der Waals surface area contributed by atoms with Crippen molar-refractivity contribution in [3.8, 4) is 0 Å². The molecule has 0 saturated heterocycles.